The average molecular weight is 324 g/mol. The Morgan fingerprint density at radius 2 is 1.86 bits per heavy atom. The van der Waals surface area contributed by atoms with Crippen molar-refractivity contribution >= 4 is 15.7 Å². The van der Waals surface area contributed by atoms with Gasteiger partial charge in [-0.15, -0.1) is 0 Å². The maximum atomic E-state index is 12.5. The van der Waals surface area contributed by atoms with E-state index in [-0.39, 0.29) is 29.0 Å². The number of carbonyl (C=O) groups is 1. The summed E-state index contributed by atoms with van der Waals surface area (Å²) in [6.07, 6.45) is 10.6. The van der Waals surface area contributed by atoms with Gasteiger partial charge >= 0.3 is 0 Å². The third-order valence-corrected chi connectivity index (χ3v) is 6.79. The van der Waals surface area contributed by atoms with E-state index in [1.165, 1.54) is 6.42 Å². The SMILES string of the molecule is O=C(CC1(n2cccc2)CCCCC1)N[C@H]1CCS(=O)(=O)C1. The van der Waals surface area contributed by atoms with Crippen LogP contribution in [0.15, 0.2) is 24.5 Å². The molecule has 0 aromatic carbocycles. The number of nitrogens with zero attached hydrogens (tertiary/aromatic N) is 1. The van der Waals surface area contributed by atoms with Gasteiger partial charge in [0.1, 0.15) is 0 Å². The van der Waals surface area contributed by atoms with E-state index in [1.54, 1.807) is 0 Å². The Morgan fingerprint density at radius 1 is 1.18 bits per heavy atom. The molecular weight excluding hydrogens is 300 g/mol. The smallest absolute Gasteiger partial charge is 0.222 e. The van der Waals surface area contributed by atoms with Crippen LogP contribution < -0.4 is 5.32 Å². The van der Waals surface area contributed by atoms with Crippen LogP contribution in [0.25, 0.3) is 0 Å². The zero-order valence-electron chi connectivity index (χ0n) is 12.8. The highest BCUT2D eigenvalue weighted by molar-refractivity contribution is 7.91. The van der Waals surface area contributed by atoms with E-state index in [1.807, 2.05) is 24.5 Å². The van der Waals surface area contributed by atoms with E-state index in [9.17, 15) is 13.2 Å². The number of nitrogens with one attached hydrogen (secondary N) is 1. The molecule has 1 atom stereocenters. The first-order chi connectivity index (χ1) is 10.5. The molecule has 1 amide bonds. The fourth-order valence-electron chi connectivity index (χ4n) is 3.87. The highest BCUT2D eigenvalue weighted by Gasteiger charge is 2.37. The summed E-state index contributed by atoms with van der Waals surface area (Å²) < 4.78 is 25.2. The van der Waals surface area contributed by atoms with Crippen molar-refractivity contribution < 1.29 is 13.2 Å². The Bertz CT molecular complexity index is 616. The number of rotatable bonds is 4. The molecule has 6 heteroatoms. The molecule has 0 radical (unpaired) electrons. The quantitative estimate of drug-likeness (QED) is 0.919. The van der Waals surface area contributed by atoms with Gasteiger partial charge in [0.25, 0.3) is 0 Å². The van der Waals surface area contributed by atoms with Crippen LogP contribution in [-0.2, 0) is 20.2 Å². The van der Waals surface area contributed by atoms with Crippen LogP contribution in [0.5, 0.6) is 0 Å². The van der Waals surface area contributed by atoms with E-state index in [0.29, 0.717) is 12.8 Å². The topological polar surface area (TPSA) is 68.2 Å². The van der Waals surface area contributed by atoms with Crippen molar-refractivity contribution in [3.8, 4) is 0 Å². The predicted molar refractivity (Wildman–Crippen MR) is 85.3 cm³/mol. The van der Waals surface area contributed by atoms with Gasteiger partial charge in [-0.25, -0.2) is 8.42 Å². The summed E-state index contributed by atoms with van der Waals surface area (Å²) in [7, 11) is -2.95. The fourth-order valence-corrected chi connectivity index (χ4v) is 5.55. The molecule has 1 aromatic heterocycles. The molecule has 122 valence electrons. The lowest BCUT2D eigenvalue weighted by Gasteiger charge is -2.38. The fraction of sp³-hybridized carbons (Fsp3) is 0.688. The van der Waals surface area contributed by atoms with Crippen LogP contribution in [0.3, 0.4) is 0 Å². The molecule has 22 heavy (non-hydrogen) atoms. The molecule has 2 heterocycles. The second kappa shape index (κ2) is 6.07. The second-order valence-electron chi connectivity index (χ2n) is 6.72. The van der Waals surface area contributed by atoms with E-state index in [2.05, 4.69) is 9.88 Å². The van der Waals surface area contributed by atoms with Gasteiger partial charge in [0.2, 0.25) is 5.91 Å². The number of aromatic nitrogens is 1. The number of hydrogen-bond acceptors (Lipinski definition) is 3. The summed E-state index contributed by atoms with van der Waals surface area (Å²) in [6, 6.07) is 3.79. The summed E-state index contributed by atoms with van der Waals surface area (Å²) in [5.74, 6) is 0.272. The van der Waals surface area contributed by atoms with Crippen LogP contribution in [-0.4, -0.2) is 36.4 Å². The minimum Gasteiger partial charge on any atom is -0.352 e. The summed E-state index contributed by atoms with van der Waals surface area (Å²) in [6.45, 7) is 0. The molecular formula is C16H24N2O3S. The normalized spacial score (nSPS) is 26.6. The van der Waals surface area contributed by atoms with Gasteiger partial charge in [-0.2, -0.15) is 0 Å². The minimum atomic E-state index is -2.95. The van der Waals surface area contributed by atoms with Crippen molar-refractivity contribution in [1.82, 2.24) is 9.88 Å². The van der Waals surface area contributed by atoms with E-state index < -0.39 is 9.84 Å². The van der Waals surface area contributed by atoms with Gasteiger partial charge in [0, 0.05) is 18.4 Å². The average Bonchev–Trinajstić information content (AvgIpc) is 3.10. The molecule has 1 aromatic rings. The predicted octanol–water partition coefficient (Wildman–Crippen LogP) is 1.84. The van der Waals surface area contributed by atoms with Crippen LogP contribution in [0.2, 0.25) is 0 Å². The van der Waals surface area contributed by atoms with Gasteiger partial charge in [-0.05, 0) is 31.4 Å². The van der Waals surface area contributed by atoms with Crippen LogP contribution in [0, 0.1) is 0 Å². The molecule has 1 saturated carbocycles. The van der Waals surface area contributed by atoms with Gasteiger partial charge < -0.3 is 9.88 Å². The Morgan fingerprint density at radius 3 is 2.45 bits per heavy atom. The lowest BCUT2D eigenvalue weighted by atomic mass is 9.78. The van der Waals surface area contributed by atoms with Crippen molar-refractivity contribution in [2.45, 2.75) is 56.5 Å². The van der Waals surface area contributed by atoms with Gasteiger partial charge in [0.05, 0.1) is 23.5 Å². The zero-order valence-corrected chi connectivity index (χ0v) is 13.6. The third kappa shape index (κ3) is 3.37. The molecule has 1 aliphatic carbocycles. The molecule has 1 N–H and O–H groups in total. The summed E-state index contributed by atoms with van der Waals surface area (Å²) in [5, 5.41) is 2.94. The van der Waals surface area contributed by atoms with Crippen molar-refractivity contribution in [2.75, 3.05) is 11.5 Å². The number of sulfone groups is 1. The maximum Gasteiger partial charge on any atom is 0.222 e. The first-order valence-corrected chi connectivity index (χ1v) is 9.95. The summed E-state index contributed by atoms with van der Waals surface area (Å²) >= 11 is 0. The Hall–Kier alpha value is -1.30. The Balaban J connectivity index is 1.67. The van der Waals surface area contributed by atoms with Gasteiger partial charge in [-0.3, -0.25) is 4.79 Å². The standard InChI is InChI=1S/C16H24N2O3S/c19-15(17-14-6-11-22(20,21)13-14)12-16(7-2-1-3-8-16)18-9-4-5-10-18/h4-5,9-10,14H,1-3,6-8,11-13H2,(H,17,19)/t14-/m0/s1. The molecule has 0 bridgehead atoms. The molecule has 2 fully saturated rings. The van der Waals surface area contributed by atoms with E-state index in [4.69, 9.17) is 0 Å². The second-order valence-corrected chi connectivity index (χ2v) is 8.95. The van der Waals surface area contributed by atoms with Crippen molar-refractivity contribution in [3.63, 3.8) is 0 Å². The molecule has 1 saturated heterocycles. The van der Waals surface area contributed by atoms with Gasteiger partial charge in [-0.1, -0.05) is 19.3 Å². The maximum absolute atomic E-state index is 12.5. The van der Waals surface area contributed by atoms with Gasteiger partial charge in [0.15, 0.2) is 9.84 Å². The van der Waals surface area contributed by atoms with Crippen molar-refractivity contribution in [3.05, 3.63) is 24.5 Å². The Labute approximate surface area is 132 Å². The van der Waals surface area contributed by atoms with Crippen molar-refractivity contribution in [1.29, 1.82) is 0 Å². The lowest BCUT2D eigenvalue weighted by Crippen LogP contribution is -2.43. The Kier molecular flexibility index (Phi) is 4.30. The van der Waals surface area contributed by atoms with E-state index in [0.717, 1.165) is 25.7 Å². The monoisotopic (exact) mass is 324 g/mol. The molecule has 0 unspecified atom stereocenters. The summed E-state index contributed by atoms with van der Waals surface area (Å²) in [5.41, 5.74) is -0.136. The number of hydrogen-bond donors (Lipinski definition) is 1. The van der Waals surface area contributed by atoms with E-state index >= 15 is 0 Å². The highest BCUT2D eigenvalue weighted by Crippen LogP contribution is 2.38. The summed E-state index contributed by atoms with van der Waals surface area (Å²) in [4.78, 5) is 12.5. The largest absolute Gasteiger partial charge is 0.352 e. The molecule has 2 aliphatic rings. The first-order valence-electron chi connectivity index (χ1n) is 8.12. The number of amides is 1. The van der Waals surface area contributed by atoms with Crippen LogP contribution >= 0.6 is 0 Å². The van der Waals surface area contributed by atoms with Crippen molar-refractivity contribution in [2.24, 2.45) is 0 Å². The molecule has 3 rings (SSSR count). The van der Waals surface area contributed by atoms with Crippen LogP contribution in [0.4, 0.5) is 0 Å². The van der Waals surface area contributed by atoms with Crippen LogP contribution in [0.1, 0.15) is 44.9 Å². The highest BCUT2D eigenvalue weighted by atomic mass is 32.2. The zero-order chi connectivity index (χ0) is 15.6. The molecule has 1 aliphatic heterocycles. The lowest BCUT2D eigenvalue weighted by molar-refractivity contribution is -0.124. The molecule has 0 spiro atoms. The molecule has 5 nitrogen and oxygen atoms in total. The number of carbonyl (C=O) groups excluding carboxylic acids is 1. The minimum absolute atomic E-state index is 0.0160. The first kappa shape index (κ1) is 15.6. The third-order valence-electron chi connectivity index (χ3n) is 5.02.